The lowest BCUT2D eigenvalue weighted by atomic mass is 10.1. The van der Waals surface area contributed by atoms with Crippen LogP contribution in [0.4, 0.5) is 10.1 Å². The van der Waals surface area contributed by atoms with Gasteiger partial charge in [-0.2, -0.15) is 4.31 Å². The average molecular weight is 434 g/mol. The quantitative estimate of drug-likeness (QED) is 0.706. The summed E-state index contributed by atoms with van der Waals surface area (Å²) in [6.45, 7) is 2.02. The molecular weight excluding hydrogens is 411 g/mol. The summed E-state index contributed by atoms with van der Waals surface area (Å²) in [6, 6.07) is 9.46. The first-order valence-corrected chi connectivity index (χ1v) is 11.0. The number of carbonyl (C=O) groups excluding carboxylic acids is 2. The molecule has 0 saturated carbocycles. The molecule has 160 valence electrons. The number of aryl methyl sites for hydroxylation is 1. The van der Waals surface area contributed by atoms with E-state index in [1.54, 1.807) is 13.0 Å². The predicted octanol–water partition coefficient (Wildman–Crippen LogP) is 3.10. The van der Waals surface area contributed by atoms with Crippen molar-refractivity contribution in [1.29, 1.82) is 0 Å². The number of piperidine rings is 1. The van der Waals surface area contributed by atoms with E-state index in [-0.39, 0.29) is 10.5 Å². The maximum atomic E-state index is 12.9. The van der Waals surface area contributed by atoms with Gasteiger partial charge >= 0.3 is 5.97 Å². The molecule has 0 bridgehead atoms. The molecule has 0 aliphatic carbocycles. The lowest BCUT2D eigenvalue weighted by molar-refractivity contribution is -0.119. The van der Waals surface area contributed by atoms with Crippen molar-refractivity contribution in [2.75, 3.05) is 25.0 Å². The van der Waals surface area contributed by atoms with Crippen molar-refractivity contribution in [3.63, 3.8) is 0 Å². The van der Waals surface area contributed by atoms with Gasteiger partial charge in [0, 0.05) is 18.8 Å². The minimum absolute atomic E-state index is 0.0257. The van der Waals surface area contributed by atoms with Gasteiger partial charge in [0.2, 0.25) is 10.0 Å². The molecule has 0 radical (unpaired) electrons. The van der Waals surface area contributed by atoms with Crippen molar-refractivity contribution in [1.82, 2.24) is 4.31 Å². The summed E-state index contributed by atoms with van der Waals surface area (Å²) < 4.78 is 45.1. The summed E-state index contributed by atoms with van der Waals surface area (Å²) in [4.78, 5) is 24.5. The van der Waals surface area contributed by atoms with Crippen molar-refractivity contribution in [3.8, 4) is 0 Å². The van der Waals surface area contributed by atoms with Gasteiger partial charge in [0.1, 0.15) is 5.82 Å². The second-order valence-electron chi connectivity index (χ2n) is 7.07. The zero-order valence-electron chi connectivity index (χ0n) is 16.6. The van der Waals surface area contributed by atoms with Crippen LogP contribution < -0.4 is 5.32 Å². The number of amides is 1. The molecule has 0 atom stereocenters. The molecule has 1 N–H and O–H groups in total. The van der Waals surface area contributed by atoms with Gasteiger partial charge in [0.05, 0.1) is 10.5 Å². The van der Waals surface area contributed by atoms with Crippen LogP contribution in [-0.4, -0.2) is 44.3 Å². The first-order chi connectivity index (χ1) is 14.3. The largest absolute Gasteiger partial charge is 0.452 e. The van der Waals surface area contributed by atoms with Crippen molar-refractivity contribution in [2.24, 2.45) is 0 Å². The third-order valence-corrected chi connectivity index (χ3v) is 6.74. The summed E-state index contributed by atoms with van der Waals surface area (Å²) in [5.74, 6) is -1.82. The van der Waals surface area contributed by atoms with E-state index in [1.807, 2.05) is 0 Å². The number of ether oxygens (including phenoxy) is 1. The number of anilines is 1. The van der Waals surface area contributed by atoms with E-state index in [1.165, 1.54) is 40.7 Å². The van der Waals surface area contributed by atoms with Crippen LogP contribution in [-0.2, 0) is 19.6 Å². The molecule has 3 rings (SSSR count). The lowest BCUT2D eigenvalue weighted by Gasteiger charge is -2.26. The van der Waals surface area contributed by atoms with Gasteiger partial charge in [0.15, 0.2) is 6.61 Å². The Bertz CT molecular complexity index is 1030. The number of esters is 1. The van der Waals surface area contributed by atoms with Gasteiger partial charge in [-0.3, -0.25) is 4.79 Å². The summed E-state index contributed by atoms with van der Waals surface area (Å²) in [6.07, 6.45) is 2.61. The van der Waals surface area contributed by atoms with Crippen molar-refractivity contribution in [2.45, 2.75) is 31.1 Å². The number of halogens is 1. The minimum atomic E-state index is -3.69. The van der Waals surface area contributed by atoms with Crippen LogP contribution in [0.1, 0.15) is 35.2 Å². The molecule has 7 nitrogen and oxygen atoms in total. The third-order valence-electron chi connectivity index (χ3n) is 4.84. The van der Waals surface area contributed by atoms with Gasteiger partial charge < -0.3 is 10.1 Å². The molecule has 30 heavy (non-hydrogen) atoms. The molecule has 0 spiro atoms. The Morgan fingerprint density at radius 2 is 1.73 bits per heavy atom. The Hall–Kier alpha value is -2.78. The Labute approximate surface area is 174 Å². The Balaban J connectivity index is 1.67. The molecule has 1 saturated heterocycles. The van der Waals surface area contributed by atoms with Crippen LogP contribution in [0.15, 0.2) is 47.4 Å². The van der Waals surface area contributed by atoms with Crippen LogP contribution in [0.5, 0.6) is 0 Å². The van der Waals surface area contributed by atoms with Crippen LogP contribution in [0.3, 0.4) is 0 Å². The first-order valence-electron chi connectivity index (χ1n) is 9.61. The molecule has 1 aliphatic rings. The third kappa shape index (κ3) is 5.22. The lowest BCUT2D eigenvalue weighted by Crippen LogP contribution is -2.35. The molecule has 2 aromatic rings. The number of nitrogens with zero attached hydrogens (tertiary/aromatic N) is 1. The normalized spacial score (nSPS) is 14.9. The molecule has 1 heterocycles. The number of rotatable bonds is 6. The van der Waals surface area contributed by atoms with Crippen LogP contribution in [0.25, 0.3) is 0 Å². The van der Waals surface area contributed by atoms with Gasteiger partial charge in [-0.15, -0.1) is 0 Å². The van der Waals surface area contributed by atoms with Gasteiger partial charge in [-0.25, -0.2) is 17.6 Å². The van der Waals surface area contributed by atoms with E-state index >= 15 is 0 Å². The fourth-order valence-corrected chi connectivity index (χ4v) is 4.72. The zero-order valence-corrected chi connectivity index (χ0v) is 17.4. The second-order valence-corrected chi connectivity index (χ2v) is 9.01. The van der Waals surface area contributed by atoms with E-state index in [2.05, 4.69) is 5.32 Å². The van der Waals surface area contributed by atoms with Gasteiger partial charge in [-0.1, -0.05) is 12.5 Å². The SMILES string of the molecule is Cc1ccc(S(=O)(=O)N2CCCCC2)cc1C(=O)OCC(=O)Nc1ccc(F)cc1. The summed E-state index contributed by atoms with van der Waals surface area (Å²) in [5.41, 5.74) is 0.988. The molecule has 0 unspecified atom stereocenters. The second kappa shape index (κ2) is 9.36. The molecule has 1 fully saturated rings. The maximum Gasteiger partial charge on any atom is 0.338 e. The highest BCUT2D eigenvalue weighted by atomic mass is 32.2. The van der Waals surface area contributed by atoms with Gasteiger partial charge in [-0.05, 0) is 61.7 Å². The zero-order chi connectivity index (χ0) is 21.7. The molecule has 0 aromatic heterocycles. The number of carbonyl (C=O) groups is 2. The number of sulfonamides is 1. The molecule has 2 aromatic carbocycles. The molecule has 1 aliphatic heterocycles. The number of nitrogens with one attached hydrogen (secondary N) is 1. The fourth-order valence-electron chi connectivity index (χ4n) is 3.17. The van der Waals surface area contributed by atoms with Crippen molar-refractivity contribution in [3.05, 3.63) is 59.4 Å². The fraction of sp³-hybridized carbons (Fsp3) is 0.333. The van der Waals surface area contributed by atoms with Gasteiger partial charge in [0.25, 0.3) is 5.91 Å². The van der Waals surface area contributed by atoms with E-state index in [4.69, 9.17) is 4.74 Å². The standard InChI is InChI=1S/C21H23FN2O5S/c1-15-5-10-18(30(27,28)24-11-3-2-4-12-24)13-19(15)21(26)29-14-20(25)23-17-8-6-16(22)7-9-17/h5-10,13H,2-4,11-12,14H2,1H3,(H,23,25). The van der Waals surface area contributed by atoms with E-state index < -0.39 is 34.3 Å². The minimum Gasteiger partial charge on any atom is -0.452 e. The topological polar surface area (TPSA) is 92.8 Å². The Morgan fingerprint density at radius 3 is 2.40 bits per heavy atom. The van der Waals surface area contributed by atoms with E-state index in [0.717, 1.165) is 19.3 Å². The van der Waals surface area contributed by atoms with Crippen LogP contribution in [0, 0.1) is 12.7 Å². The maximum absolute atomic E-state index is 12.9. The molecular formula is C21H23FN2O5S. The molecule has 9 heteroatoms. The van der Waals surface area contributed by atoms with E-state index in [9.17, 15) is 22.4 Å². The van der Waals surface area contributed by atoms with E-state index in [0.29, 0.717) is 24.3 Å². The summed E-state index contributed by atoms with van der Waals surface area (Å²) in [5, 5.41) is 2.48. The van der Waals surface area contributed by atoms with Crippen molar-refractivity contribution >= 4 is 27.6 Å². The number of benzene rings is 2. The van der Waals surface area contributed by atoms with Crippen LogP contribution in [0.2, 0.25) is 0 Å². The number of hydrogen-bond acceptors (Lipinski definition) is 5. The van der Waals surface area contributed by atoms with Crippen LogP contribution >= 0.6 is 0 Å². The highest BCUT2D eigenvalue weighted by molar-refractivity contribution is 7.89. The Kier molecular flexibility index (Phi) is 6.84. The highest BCUT2D eigenvalue weighted by Gasteiger charge is 2.27. The summed E-state index contributed by atoms with van der Waals surface area (Å²) in [7, 11) is -3.69. The predicted molar refractivity (Wildman–Crippen MR) is 109 cm³/mol. The van der Waals surface area contributed by atoms with Crippen molar-refractivity contribution < 1.29 is 27.1 Å². The average Bonchev–Trinajstić information content (AvgIpc) is 2.74. The monoisotopic (exact) mass is 434 g/mol. The summed E-state index contributed by atoms with van der Waals surface area (Å²) >= 11 is 0. The highest BCUT2D eigenvalue weighted by Crippen LogP contribution is 2.23. The Morgan fingerprint density at radius 1 is 1.07 bits per heavy atom. The first kappa shape index (κ1) is 21.9. The smallest absolute Gasteiger partial charge is 0.338 e. The number of hydrogen-bond donors (Lipinski definition) is 1. The molecule has 1 amide bonds.